The lowest BCUT2D eigenvalue weighted by Gasteiger charge is -2.18. The largest absolute Gasteiger partial charge is 0.467 e. The van der Waals surface area contributed by atoms with Gasteiger partial charge in [0.15, 0.2) is 0 Å². The van der Waals surface area contributed by atoms with E-state index in [1.807, 2.05) is 25.1 Å². The van der Waals surface area contributed by atoms with Crippen LogP contribution in [-0.2, 0) is 11.3 Å². The number of carbonyl (C=O) groups is 2. The molecule has 0 radical (unpaired) electrons. The van der Waals surface area contributed by atoms with Crippen molar-refractivity contribution < 1.29 is 14.0 Å². The number of furan rings is 1. The van der Waals surface area contributed by atoms with Crippen LogP contribution in [-0.4, -0.2) is 28.7 Å². The molecule has 3 rings (SSSR count). The molecule has 0 aliphatic rings. The lowest BCUT2D eigenvalue weighted by atomic mass is 10.0. The normalized spacial score (nSPS) is 10.7. The number of nitrogens with one attached hydrogen (secondary N) is 1. The van der Waals surface area contributed by atoms with E-state index in [9.17, 15) is 9.59 Å². The average molecular weight is 337 g/mol. The minimum Gasteiger partial charge on any atom is -0.467 e. The Balaban J connectivity index is 2.03. The Labute approximate surface area is 145 Å². The molecule has 2 aromatic heterocycles. The SMILES string of the molecule is CC(=O)Nc1cc(C(=O)N(C)Cc2ccco2)c2ccc(C)nc2c1. The predicted molar refractivity (Wildman–Crippen MR) is 95.3 cm³/mol. The van der Waals surface area contributed by atoms with Crippen LogP contribution in [0.1, 0.15) is 28.7 Å². The van der Waals surface area contributed by atoms with Crippen molar-refractivity contribution in [2.24, 2.45) is 0 Å². The Hall–Kier alpha value is -3.15. The molecule has 2 amide bonds. The van der Waals surface area contributed by atoms with E-state index in [1.165, 1.54) is 6.92 Å². The van der Waals surface area contributed by atoms with E-state index in [1.54, 1.807) is 36.4 Å². The van der Waals surface area contributed by atoms with Crippen molar-refractivity contribution in [1.82, 2.24) is 9.88 Å². The molecular weight excluding hydrogens is 318 g/mol. The van der Waals surface area contributed by atoms with E-state index in [2.05, 4.69) is 10.3 Å². The molecule has 1 N–H and O–H groups in total. The number of benzene rings is 1. The number of nitrogens with zero attached hydrogens (tertiary/aromatic N) is 2. The summed E-state index contributed by atoms with van der Waals surface area (Å²) in [5, 5.41) is 3.47. The second-order valence-corrected chi connectivity index (χ2v) is 5.96. The first kappa shape index (κ1) is 16.7. The zero-order valence-electron chi connectivity index (χ0n) is 14.4. The highest BCUT2D eigenvalue weighted by atomic mass is 16.3. The molecule has 0 unspecified atom stereocenters. The number of rotatable bonds is 4. The van der Waals surface area contributed by atoms with Gasteiger partial charge in [-0.05, 0) is 37.3 Å². The molecule has 0 aliphatic heterocycles. The Morgan fingerprint density at radius 2 is 2.04 bits per heavy atom. The second kappa shape index (κ2) is 6.76. The van der Waals surface area contributed by atoms with Gasteiger partial charge >= 0.3 is 0 Å². The third-order valence-corrected chi connectivity index (χ3v) is 3.82. The monoisotopic (exact) mass is 337 g/mol. The quantitative estimate of drug-likeness (QED) is 0.792. The Bertz CT molecular complexity index is 932. The molecule has 0 atom stereocenters. The molecule has 0 saturated heterocycles. The zero-order valence-corrected chi connectivity index (χ0v) is 14.4. The van der Waals surface area contributed by atoms with Gasteiger partial charge in [0.1, 0.15) is 5.76 Å². The molecule has 25 heavy (non-hydrogen) atoms. The molecule has 6 nitrogen and oxygen atoms in total. The van der Waals surface area contributed by atoms with Crippen LogP contribution >= 0.6 is 0 Å². The first-order chi connectivity index (χ1) is 11.9. The number of aromatic nitrogens is 1. The number of hydrogen-bond acceptors (Lipinski definition) is 4. The van der Waals surface area contributed by atoms with Crippen molar-refractivity contribution >= 4 is 28.4 Å². The van der Waals surface area contributed by atoms with Gasteiger partial charge in [-0.3, -0.25) is 14.6 Å². The van der Waals surface area contributed by atoms with Crippen molar-refractivity contribution in [2.75, 3.05) is 12.4 Å². The molecule has 0 spiro atoms. The van der Waals surface area contributed by atoms with Gasteiger partial charge in [0, 0.05) is 30.7 Å². The van der Waals surface area contributed by atoms with Gasteiger partial charge in [-0.25, -0.2) is 0 Å². The first-order valence-corrected chi connectivity index (χ1v) is 7.91. The van der Waals surface area contributed by atoms with Crippen molar-refractivity contribution in [3.63, 3.8) is 0 Å². The summed E-state index contributed by atoms with van der Waals surface area (Å²) in [7, 11) is 1.71. The van der Waals surface area contributed by atoms with E-state index >= 15 is 0 Å². The third kappa shape index (κ3) is 3.68. The standard InChI is InChI=1S/C19H19N3O3/c1-12-6-7-16-17(9-14(21-13(2)23)10-18(16)20-12)19(24)22(3)11-15-5-4-8-25-15/h4-10H,11H2,1-3H3,(H,21,23). The Morgan fingerprint density at radius 1 is 1.24 bits per heavy atom. The van der Waals surface area contributed by atoms with E-state index in [0.29, 0.717) is 29.1 Å². The molecular formula is C19H19N3O3. The molecule has 128 valence electrons. The lowest BCUT2D eigenvalue weighted by molar-refractivity contribution is -0.114. The molecule has 6 heteroatoms. The molecule has 0 saturated carbocycles. The fraction of sp³-hybridized carbons (Fsp3) is 0.211. The van der Waals surface area contributed by atoms with E-state index in [4.69, 9.17) is 4.42 Å². The minimum atomic E-state index is -0.200. The summed E-state index contributed by atoms with van der Waals surface area (Å²) in [6.45, 7) is 3.67. The zero-order chi connectivity index (χ0) is 18.0. The predicted octanol–water partition coefficient (Wildman–Crippen LogP) is 3.37. The van der Waals surface area contributed by atoms with Crippen LogP contribution in [0.25, 0.3) is 10.9 Å². The summed E-state index contributed by atoms with van der Waals surface area (Å²) in [4.78, 5) is 30.4. The summed E-state index contributed by atoms with van der Waals surface area (Å²) in [5.74, 6) is 0.334. The molecule has 3 aromatic rings. The van der Waals surface area contributed by atoms with Crippen molar-refractivity contribution in [2.45, 2.75) is 20.4 Å². The van der Waals surface area contributed by atoms with Crippen LogP contribution in [0.4, 0.5) is 5.69 Å². The fourth-order valence-electron chi connectivity index (χ4n) is 2.70. The molecule has 0 fully saturated rings. The summed E-state index contributed by atoms with van der Waals surface area (Å²) < 4.78 is 5.31. The number of aryl methyl sites for hydroxylation is 1. The van der Waals surface area contributed by atoms with Crippen LogP contribution in [0, 0.1) is 6.92 Å². The second-order valence-electron chi connectivity index (χ2n) is 5.96. The molecule has 0 aliphatic carbocycles. The number of hydrogen-bond donors (Lipinski definition) is 1. The maximum Gasteiger partial charge on any atom is 0.254 e. The summed E-state index contributed by atoms with van der Waals surface area (Å²) in [6, 6.07) is 10.8. The van der Waals surface area contributed by atoms with Crippen LogP contribution < -0.4 is 5.32 Å². The number of carbonyl (C=O) groups excluding carboxylic acids is 2. The average Bonchev–Trinajstić information content (AvgIpc) is 3.05. The van der Waals surface area contributed by atoms with Crippen LogP contribution in [0.15, 0.2) is 47.1 Å². The third-order valence-electron chi connectivity index (χ3n) is 3.82. The lowest BCUT2D eigenvalue weighted by Crippen LogP contribution is -2.26. The topological polar surface area (TPSA) is 75.4 Å². The van der Waals surface area contributed by atoms with Crippen molar-refractivity contribution in [3.8, 4) is 0 Å². The highest BCUT2D eigenvalue weighted by Gasteiger charge is 2.18. The van der Waals surface area contributed by atoms with Gasteiger partial charge in [0.25, 0.3) is 5.91 Å². The minimum absolute atomic E-state index is 0.167. The van der Waals surface area contributed by atoms with Crippen LogP contribution in [0.5, 0.6) is 0 Å². The van der Waals surface area contributed by atoms with Gasteiger partial charge in [-0.1, -0.05) is 6.07 Å². The summed E-state index contributed by atoms with van der Waals surface area (Å²) in [5.41, 5.74) is 2.55. The van der Waals surface area contributed by atoms with Gasteiger partial charge in [-0.2, -0.15) is 0 Å². The van der Waals surface area contributed by atoms with Gasteiger partial charge in [0.2, 0.25) is 5.91 Å². The van der Waals surface area contributed by atoms with Gasteiger partial charge in [-0.15, -0.1) is 0 Å². The highest BCUT2D eigenvalue weighted by molar-refractivity contribution is 6.08. The molecule has 0 bridgehead atoms. The van der Waals surface area contributed by atoms with Gasteiger partial charge in [0.05, 0.1) is 23.9 Å². The van der Waals surface area contributed by atoms with Crippen LogP contribution in [0.3, 0.4) is 0 Å². The number of pyridine rings is 1. The number of amides is 2. The van der Waals surface area contributed by atoms with Crippen molar-refractivity contribution in [3.05, 3.63) is 59.7 Å². The Kier molecular flexibility index (Phi) is 4.52. The molecule has 2 heterocycles. The summed E-state index contributed by atoms with van der Waals surface area (Å²) in [6.07, 6.45) is 1.58. The fourth-order valence-corrected chi connectivity index (χ4v) is 2.70. The number of anilines is 1. The smallest absolute Gasteiger partial charge is 0.254 e. The number of fused-ring (bicyclic) bond motifs is 1. The molecule has 1 aromatic carbocycles. The van der Waals surface area contributed by atoms with E-state index < -0.39 is 0 Å². The summed E-state index contributed by atoms with van der Waals surface area (Å²) >= 11 is 0. The van der Waals surface area contributed by atoms with Gasteiger partial charge < -0.3 is 14.6 Å². The first-order valence-electron chi connectivity index (χ1n) is 7.91. The highest BCUT2D eigenvalue weighted by Crippen LogP contribution is 2.25. The maximum atomic E-state index is 13.0. The van der Waals surface area contributed by atoms with E-state index in [0.717, 1.165) is 11.1 Å². The Morgan fingerprint density at radius 3 is 2.72 bits per heavy atom. The van der Waals surface area contributed by atoms with Crippen LogP contribution in [0.2, 0.25) is 0 Å². The maximum absolute atomic E-state index is 13.0. The van der Waals surface area contributed by atoms with Crippen molar-refractivity contribution in [1.29, 1.82) is 0 Å². The van der Waals surface area contributed by atoms with E-state index in [-0.39, 0.29) is 11.8 Å².